The second-order valence-electron chi connectivity index (χ2n) is 7.09. The van der Waals surface area contributed by atoms with E-state index in [4.69, 9.17) is 4.74 Å². The average molecular weight is 402 g/mol. The van der Waals surface area contributed by atoms with Crippen molar-refractivity contribution in [3.63, 3.8) is 0 Å². The Morgan fingerprint density at radius 3 is 2.41 bits per heavy atom. The fourth-order valence-corrected chi connectivity index (χ4v) is 3.45. The van der Waals surface area contributed by atoms with Gasteiger partial charge in [-0.2, -0.15) is 0 Å². The lowest BCUT2D eigenvalue weighted by Crippen LogP contribution is -2.51. The van der Waals surface area contributed by atoms with Crippen molar-refractivity contribution in [3.05, 3.63) is 30.3 Å². The van der Waals surface area contributed by atoms with E-state index in [9.17, 15) is 19.2 Å². The molecular formula is C20H26N4O5. The van der Waals surface area contributed by atoms with Gasteiger partial charge in [0.25, 0.3) is 5.91 Å². The van der Waals surface area contributed by atoms with Crippen LogP contribution in [-0.4, -0.2) is 79.0 Å². The van der Waals surface area contributed by atoms with Gasteiger partial charge in [0.2, 0.25) is 5.91 Å². The zero-order chi connectivity index (χ0) is 20.8. The summed E-state index contributed by atoms with van der Waals surface area (Å²) in [5.41, 5.74) is 1.13. The van der Waals surface area contributed by atoms with Crippen molar-refractivity contribution in [1.29, 1.82) is 0 Å². The maximum absolute atomic E-state index is 12.6. The van der Waals surface area contributed by atoms with Crippen LogP contribution >= 0.6 is 0 Å². The van der Waals surface area contributed by atoms with Crippen LogP contribution in [0.4, 0.5) is 10.5 Å². The number of carbonyl (C=O) groups excluding carboxylic acids is 4. The van der Waals surface area contributed by atoms with Gasteiger partial charge in [-0.1, -0.05) is 18.2 Å². The Labute approximate surface area is 169 Å². The van der Waals surface area contributed by atoms with Gasteiger partial charge in [-0.3, -0.25) is 19.3 Å². The van der Waals surface area contributed by atoms with Gasteiger partial charge in [0, 0.05) is 44.8 Å². The van der Waals surface area contributed by atoms with E-state index >= 15 is 0 Å². The van der Waals surface area contributed by atoms with Crippen molar-refractivity contribution >= 4 is 29.5 Å². The number of benzene rings is 1. The number of carbonyl (C=O) groups is 4. The van der Waals surface area contributed by atoms with E-state index in [-0.39, 0.29) is 31.3 Å². The van der Waals surface area contributed by atoms with E-state index in [1.807, 2.05) is 30.3 Å². The lowest BCUT2D eigenvalue weighted by molar-refractivity contribution is -0.159. The summed E-state index contributed by atoms with van der Waals surface area (Å²) in [6, 6.07) is 9.59. The van der Waals surface area contributed by atoms with Gasteiger partial charge in [-0.15, -0.1) is 0 Å². The van der Waals surface area contributed by atoms with Crippen LogP contribution in [0.5, 0.6) is 0 Å². The molecular weight excluding hydrogens is 376 g/mol. The number of esters is 1. The highest BCUT2D eigenvalue weighted by Gasteiger charge is 2.29. The van der Waals surface area contributed by atoms with Gasteiger partial charge in [0.05, 0.1) is 6.54 Å². The monoisotopic (exact) mass is 402 g/mol. The normalized spacial score (nSPS) is 17.9. The SMILES string of the molecule is C[C@H](OC(=O)CCCN1C(=O)CNC1=O)C(=O)N1CCN(c2ccccc2)CC1. The summed E-state index contributed by atoms with van der Waals surface area (Å²) >= 11 is 0. The fraction of sp³-hybridized carbons (Fsp3) is 0.500. The molecule has 1 N–H and O–H groups in total. The number of nitrogens with zero attached hydrogens (tertiary/aromatic N) is 3. The van der Waals surface area contributed by atoms with Crippen molar-refractivity contribution in [3.8, 4) is 0 Å². The van der Waals surface area contributed by atoms with Gasteiger partial charge in [0.1, 0.15) is 0 Å². The number of nitrogens with one attached hydrogen (secondary N) is 1. The summed E-state index contributed by atoms with van der Waals surface area (Å²) in [5.74, 6) is -1.03. The standard InChI is InChI=1S/C20H26N4O5/c1-15(29-18(26)8-5-9-24-17(25)14-21-20(24)28)19(27)23-12-10-22(11-13-23)16-6-3-2-4-7-16/h2-4,6-7,15H,5,8-14H2,1H3,(H,21,28)/t15-/m0/s1. The van der Waals surface area contributed by atoms with Crippen LogP contribution in [0.2, 0.25) is 0 Å². The van der Waals surface area contributed by atoms with Crippen LogP contribution in [0.25, 0.3) is 0 Å². The molecule has 3 rings (SSSR count). The first-order valence-electron chi connectivity index (χ1n) is 9.82. The Bertz CT molecular complexity index is 745. The molecule has 2 saturated heterocycles. The number of anilines is 1. The van der Waals surface area contributed by atoms with Crippen LogP contribution in [0.15, 0.2) is 30.3 Å². The van der Waals surface area contributed by atoms with E-state index in [1.54, 1.807) is 11.8 Å². The van der Waals surface area contributed by atoms with Crippen molar-refractivity contribution in [2.75, 3.05) is 44.2 Å². The number of urea groups is 1. The maximum Gasteiger partial charge on any atom is 0.324 e. The van der Waals surface area contributed by atoms with Crippen LogP contribution in [-0.2, 0) is 19.1 Å². The summed E-state index contributed by atoms with van der Waals surface area (Å²) < 4.78 is 5.25. The minimum atomic E-state index is -0.859. The predicted molar refractivity (Wildman–Crippen MR) is 105 cm³/mol. The highest BCUT2D eigenvalue weighted by molar-refractivity contribution is 6.01. The van der Waals surface area contributed by atoms with Crippen molar-refractivity contribution in [2.24, 2.45) is 0 Å². The quantitative estimate of drug-likeness (QED) is 0.530. The van der Waals surface area contributed by atoms with Gasteiger partial charge < -0.3 is 19.9 Å². The van der Waals surface area contributed by atoms with Gasteiger partial charge in [-0.25, -0.2) is 4.79 Å². The Balaban J connectivity index is 1.38. The fourth-order valence-electron chi connectivity index (χ4n) is 3.45. The zero-order valence-electron chi connectivity index (χ0n) is 16.5. The van der Waals surface area contributed by atoms with E-state index in [2.05, 4.69) is 10.2 Å². The highest BCUT2D eigenvalue weighted by atomic mass is 16.5. The Morgan fingerprint density at radius 2 is 1.79 bits per heavy atom. The first kappa shape index (κ1) is 20.6. The molecule has 9 nitrogen and oxygen atoms in total. The molecule has 1 aromatic carbocycles. The second-order valence-corrected chi connectivity index (χ2v) is 7.09. The lowest BCUT2D eigenvalue weighted by atomic mass is 10.2. The van der Waals surface area contributed by atoms with Crippen molar-refractivity contribution in [1.82, 2.24) is 15.1 Å². The molecule has 0 spiro atoms. The summed E-state index contributed by atoms with van der Waals surface area (Å²) in [4.78, 5) is 52.5. The van der Waals surface area contributed by atoms with Crippen LogP contribution in [0.3, 0.4) is 0 Å². The number of rotatable bonds is 7. The molecule has 2 heterocycles. The van der Waals surface area contributed by atoms with Crippen LogP contribution in [0, 0.1) is 0 Å². The molecule has 1 atom stereocenters. The molecule has 2 fully saturated rings. The van der Waals surface area contributed by atoms with E-state index in [1.165, 1.54) is 0 Å². The first-order valence-corrected chi connectivity index (χ1v) is 9.82. The molecule has 2 aliphatic rings. The van der Waals surface area contributed by atoms with E-state index < -0.39 is 18.1 Å². The van der Waals surface area contributed by atoms with Crippen molar-refractivity contribution in [2.45, 2.75) is 25.9 Å². The number of ether oxygens (including phenoxy) is 1. The third-order valence-electron chi connectivity index (χ3n) is 5.07. The number of piperazine rings is 1. The molecule has 9 heteroatoms. The van der Waals surface area contributed by atoms with E-state index in [0.717, 1.165) is 23.7 Å². The second kappa shape index (κ2) is 9.40. The Morgan fingerprint density at radius 1 is 1.10 bits per heavy atom. The summed E-state index contributed by atoms with van der Waals surface area (Å²) in [6.07, 6.45) is -0.520. The van der Waals surface area contributed by atoms with Crippen molar-refractivity contribution < 1.29 is 23.9 Å². The average Bonchev–Trinajstić information content (AvgIpc) is 3.06. The Kier molecular flexibility index (Phi) is 6.69. The Hall–Kier alpha value is -3.10. The summed E-state index contributed by atoms with van der Waals surface area (Å²) in [7, 11) is 0. The molecule has 1 aromatic rings. The molecule has 0 radical (unpaired) electrons. The maximum atomic E-state index is 12.6. The van der Waals surface area contributed by atoms with Gasteiger partial charge in [-0.05, 0) is 25.5 Å². The number of hydrogen-bond acceptors (Lipinski definition) is 6. The molecule has 0 aromatic heterocycles. The summed E-state index contributed by atoms with van der Waals surface area (Å²) in [6.45, 7) is 4.31. The van der Waals surface area contributed by atoms with Gasteiger partial charge >= 0.3 is 12.0 Å². The summed E-state index contributed by atoms with van der Waals surface area (Å²) in [5, 5.41) is 2.42. The highest BCUT2D eigenvalue weighted by Crippen LogP contribution is 2.16. The van der Waals surface area contributed by atoms with Crippen LogP contribution in [0.1, 0.15) is 19.8 Å². The first-order chi connectivity index (χ1) is 14.0. The molecule has 156 valence electrons. The lowest BCUT2D eigenvalue weighted by Gasteiger charge is -2.37. The smallest absolute Gasteiger partial charge is 0.324 e. The largest absolute Gasteiger partial charge is 0.453 e. The molecule has 29 heavy (non-hydrogen) atoms. The zero-order valence-corrected chi connectivity index (χ0v) is 16.5. The minimum absolute atomic E-state index is 0.00759. The predicted octanol–water partition coefficient (Wildman–Crippen LogP) is 0.599. The third-order valence-corrected chi connectivity index (χ3v) is 5.07. The number of para-hydroxylation sites is 1. The molecule has 0 bridgehead atoms. The molecule has 4 amide bonds. The molecule has 0 unspecified atom stereocenters. The molecule has 2 aliphatic heterocycles. The van der Waals surface area contributed by atoms with Crippen LogP contribution < -0.4 is 10.2 Å². The minimum Gasteiger partial charge on any atom is -0.453 e. The number of imide groups is 1. The molecule has 0 aliphatic carbocycles. The topological polar surface area (TPSA) is 99.3 Å². The third kappa shape index (κ3) is 5.24. The molecule has 0 saturated carbocycles. The number of hydrogen-bond donors (Lipinski definition) is 1. The van der Waals surface area contributed by atoms with Gasteiger partial charge in [0.15, 0.2) is 6.10 Å². The van der Waals surface area contributed by atoms with E-state index in [0.29, 0.717) is 19.5 Å². The number of amides is 4.